The molecule has 1 atom stereocenters. The van der Waals surface area contributed by atoms with E-state index in [9.17, 15) is 13.2 Å². The summed E-state index contributed by atoms with van der Waals surface area (Å²) in [4.78, 5) is 13.2. The van der Waals surface area contributed by atoms with E-state index < -0.39 is 10.0 Å². The predicted octanol–water partition coefficient (Wildman–Crippen LogP) is 4.44. The zero-order valence-corrected chi connectivity index (χ0v) is 18.3. The van der Waals surface area contributed by atoms with E-state index in [0.717, 1.165) is 23.1 Å². The fourth-order valence-corrected chi connectivity index (χ4v) is 5.49. The van der Waals surface area contributed by atoms with Gasteiger partial charge in [-0.15, -0.1) is 0 Å². The normalized spacial score (nSPS) is 16.5. The smallest absolute Gasteiger partial charge is 0.252 e. The summed E-state index contributed by atoms with van der Waals surface area (Å²) in [5.41, 5.74) is 4.09. The van der Waals surface area contributed by atoms with Gasteiger partial charge in [0.15, 0.2) is 0 Å². The van der Waals surface area contributed by atoms with E-state index in [1.165, 1.54) is 4.31 Å². The molecule has 0 saturated carbocycles. The second kappa shape index (κ2) is 8.94. The number of anilines is 1. The molecule has 160 valence electrons. The zero-order chi connectivity index (χ0) is 21.8. The molecule has 5 nitrogen and oxygen atoms in total. The molecule has 1 aliphatic heterocycles. The standard InChI is InChI=1S/C25H26N2O3S/c1-19-12-14-21(15-13-19)24(20-8-3-2-4-9-20)26-25(28)22-10-7-11-23(18-22)27-16-5-6-17-31(27,29)30/h2-4,7-15,18,24H,5-6,16-17H2,1H3,(H,26,28)/t24-/m1/s1. The molecule has 0 spiro atoms. The Morgan fingerprint density at radius 3 is 2.32 bits per heavy atom. The van der Waals surface area contributed by atoms with Crippen LogP contribution in [0.3, 0.4) is 0 Å². The summed E-state index contributed by atoms with van der Waals surface area (Å²) in [7, 11) is -3.33. The van der Waals surface area contributed by atoms with Gasteiger partial charge in [0.1, 0.15) is 0 Å². The highest BCUT2D eigenvalue weighted by molar-refractivity contribution is 7.92. The fraction of sp³-hybridized carbons (Fsp3) is 0.240. The third-order valence-corrected chi connectivity index (χ3v) is 7.43. The number of hydrogen-bond donors (Lipinski definition) is 1. The first-order chi connectivity index (χ1) is 14.9. The number of carbonyl (C=O) groups excluding carboxylic acids is 1. The van der Waals surface area contributed by atoms with Gasteiger partial charge in [0.05, 0.1) is 17.5 Å². The Labute approximate surface area is 183 Å². The lowest BCUT2D eigenvalue weighted by Gasteiger charge is -2.28. The lowest BCUT2D eigenvalue weighted by molar-refractivity contribution is 0.0943. The third kappa shape index (κ3) is 4.80. The van der Waals surface area contributed by atoms with Crippen LogP contribution in [0.4, 0.5) is 5.69 Å². The molecule has 1 amide bonds. The summed E-state index contributed by atoms with van der Waals surface area (Å²) in [6.07, 6.45) is 1.49. The van der Waals surface area contributed by atoms with E-state index in [2.05, 4.69) is 5.32 Å². The van der Waals surface area contributed by atoms with Crippen LogP contribution in [0, 0.1) is 6.92 Å². The molecular weight excluding hydrogens is 408 g/mol. The molecular formula is C25H26N2O3S. The molecule has 3 aromatic rings. The van der Waals surface area contributed by atoms with Crippen molar-refractivity contribution in [3.63, 3.8) is 0 Å². The monoisotopic (exact) mass is 434 g/mol. The Bertz CT molecular complexity index is 1160. The second-order valence-corrected chi connectivity index (χ2v) is 9.89. The molecule has 4 rings (SSSR count). The predicted molar refractivity (Wildman–Crippen MR) is 124 cm³/mol. The molecule has 0 aromatic heterocycles. The summed E-state index contributed by atoms with van der Waals surface area (Å²) < 4.78 is 26.3. The first-order valence-electron chi connectivity index (χ1n) is 10.5. The van der Waals surface area contributed by atoms with Gasteiger partial charge in [0.2, 0.25) is 10.0 Å². The van der Waals surface area contributed by atoms with Gasteiger partial charge in [0.25, 0.3) is 5.91 Å². The highest BCUT2D eigenvalue weighted by Crippen LogP contribution is 2.26. The molecule has 6 heteroatoms. The van der Waals surface area contributed by atoms with Gasteiger partial charge < -0.3 is 5.32 Å². The zero-order valence-electron chi connectivity index (χ0n) is 17.5. The van der Waals surface area contributed by atoms with Crippen LogP contribution in [0.25, 0.3) is 0 Å². The fourth-order valence-electron chi connectivity index (χ4n) is 3.86. The number of aryl methyl sites for hydroxylation is 1. The van der Waals surface area contributed by atoms with E-state index in [1.54, 1.807) is 24.3 Å². The van der Waals surface area contributed by atoms with E-state index >= 15 is 0 Å². The number of hydrogen-bond acceptors (Lipinski definition) is 3. The first kappa shape index (κ1) is 21.1. The molecule has 1 heterocycles. The van der Waals surface area contributed by atoms with Gasteiger partial charge >= 0.3 is 0 Å². The largest absolute Gasteiger partial charge is 0.341 e. The minimum Gasteiger partial charge on any atom is -0.341 e. The van der Waals surface area contributed by atoms with E-state index in [0.29, 0.717) is 24.2 Å². The van der Waals surface area contributed by atoms with Crippen molar-refractivity contribution in [2.75, 3.05) is 16.6 Å². The van der Waals surface area contributed by atoms with Gasteiger partial charge in [-0.2, -0.15) is 0 Å². The van der Waals surface area contributed by atoms with Crippen molar-refractivity contribution in [1.82, 2.24) is 5.32 Å². The maximum atomic E-state index is 13.2. The van der Waals surface area contributed by atoms with E-state index in [4.69, 9.17) is 0 Å². The summed E-state index contributed by atoms with van der Waals surface area (Å²) >= 11 is 0. The minimum absolute atomic E-state index is 0.146. The number of benzene rings is 3. The summed E-state index contributed by atoms with van der Waals surface area (Å²) in [5.74, 6) is -0.0990. The van der Waals surface area contributed by atoms with Crippen molar-refractivity contribution in [3.05, 3.63) is 101 Å². The van der Waals surface area contributed by atoms with Crippen LogP contribution in [0.15, 0.2) is 78.9 Å². The Hall–Kier alpha value is -3.12. The van der Waals surface area contributed by atoms with Crippen LogP contribution in [0.2, 0.25) is 0 Å². The molecule has 0 unspecified atom stereocenters. The maximum Gasteiger partial charge on any atom is 0.252 e. The van der Waals surface area contributed by atoms with Crippen LogP contribution in [0.1, 0.15) is 45.9 Å². The van der Waals surface area contributed by atoms with Crippen molar-refractivity contribution in [2.45, 2.75) is 25.8 Å². The quantitative estimate of drug-likeness (QED) is 0.645. The van der Waals surface area contributed by atoms with Crippen LogP contribution in [-0.2, 0) is 10.0 Å². The van der Waals surface area contributed by atoms with E-state index in [1.807, 2.05) is 61.5 Å². The molecule has 1 aliphatic rings. The van der Waals surface area contributed by atoms with Gasteiger partial charge in [-0.05, 0) is 49.1 Å². The van der Waals surface area contributed by atoms with Crippen molar-refractivity contribution >= 4 is 21.6 Å². The van der Waals surface area contributed by atoms with Crippen molar-refractivity contribution in [1.29, 1.82) is 0 Å². The Kier molecular flexibility index (Phi) is 6.09. The molecule has 0 radical (unpaired) electrons. The average Bonchev–Trinajstić information content (AvgIpc) is 2.78. The SMILES string of the molecule is Cc1ccc([C@H](NC(=O)c2cccc(N3CCCCS3(=O)=O)c2)c2ccccc2)cc1. The Morgan fingerprint density at radius 2 is 1.61 bits per heavy atom. The van der Waals surface area contributed by atoms with Crippen molar-refractivity contribution < 1.29 is 13.2 Å². The third-order valence-electron chi connectivity index (χ3n) is 5.56. The van der Waals surface area contributed by atoms with Gasteiger partial charge in [-0.25, -0.2) is 8.42 Å². The number of sulfonamides is 1. The maximum absolute atomic E-state index is 13.2. The summed E-state index contributed by atoms with van der Waals surface area (Å²) in [6, 6.07) is 24.5. The molecule has 3 aromatic carbocycles. The number of carbonyl (C=O) groups is 1. The number of amides is 1. The Balaban J connectivity index is 1.63. The summed E-state index contributed by atoms with van der Waals surface area (Å²) in [5, 5.41) is 3.13. The second-order valence-electron chi connectivity index (χ2n) is 7.87. The summed E-state index contributed by atoms with van der Waals surface area (Å²) in [6.45, 7) is 2.48. The molecule has 1 fully saturated rings. The number of nitrogens with one attached hydrogen (secondary N) is 1. The average molecular weight is 435 g/mol. The van der Waals surface area contributed by atoms with Gasteiger partial charge in [0, 0.05) is 12.1 Å². The van der Waals surface area contributed by atoms with Crippen LogP contribution in [0.5, 0.6) is 0 Å². The van der Waals surface area contributed by atoms with Crippen molar-refractivity contribution in [2.24, 2.45) is 0 Å². The molecule has 1 N–H and O–H groups in total. The number of rotatable bonds is 5. The van der Waals surface area contributed by atoms with Gasteiger partial charge in [-0.1, -0.05) is 66.2 Å². The van der Waals surface area contributed by atoms with Gasteiger partial charge in [-0.3, -0.25) is 9.10 Å². The highest BCUT2D eigenvalue weighted by atomic mass is 32.2. The van der Waals surface area contributed by atoms with E-state index in [-0.39, 0.29) is 17.7 Å². The number of nitrogens with zero attached hydrogens (tertiary/aromatic N) is 1. The molecule has 0 bridgehead atoms. The lowest BCUT2D eigenvalue weighted by Crippen LogP contribution is -2.38. The first-order valence-corrected chi connectivity index (χ1v) is 12.1. The molecule has 31 heavy (non-hydrogen) atoms. The van der Waals surface area contributed by atoms with Crippen molar-refractivity contribution in [3.8, 4) is 0 Å². The Morgan fingerprint density at radius 1 is 0.903 bits per heavy atom. The lowest BCUT2D eigenvalue weighted by atomic mass is 9.97. The molecule has 1 saturated heterocycles. The topological polar surface area (TPSA) is 66.5 Å². The van der Waals surface area contributed by atoms with Crippen LogP contribution < -0.4 is 9.62 Å². The van der Waals surface area contributed by atoms with Crippen LogP contribution >= 0.6 is 0 Å². The van der Waals surface area contributed by atoms with Crippen LogP contribution in [-0.4, -0.2) is 26.6 Å². The highest BCUT2D eigenvalue weighted by Gasteiger charge is 2.26. The minimum atomic E-state index is -3.33. The molecule has 0 aliphatic carbocycles.